The number of carbonyl (C=O) groups is 1. The highest BCUT2D eigenvalue weighted by Gasteiger charge is 2.13. The number of nitrogens with one attached hydrogen (secondary N) is 2. The maximum absolute atomic E-state index is 12.1. The zero-order valence-electron chi connectivity index (χ0n) is 16.6. The highest BCUT2D eigenvalue weighted by Crippen LogP contribution is 2.27. The summed E-state index contributed by atoms with van der Waals surface area (Å²) < 4.78 is 7.19. The van der Waals surface area contributed by atoms with E-state index in [9.17, 15) is 4.79 Å². The molecule has 0 saturated carbocycles. The number of fused-ring (bicyclic) bond motifs is 1. The first-order valence-corrected chi connectivity index (χ1v) is 11.4. The van der Waals surface area contributed by atoms with Crippen LogP contribution in [-0.4, -0.2) is 51.6 Å². The second-order valence-corrected chi connectivity index (χ2v) is 7.92. The van der Waals surface area contributed by atoms with Crippen molar-refractivity contribution in [3.8, 4) is 5.75 Å². The van der Waals surface area contributed by atoms with Crippen molar-refractivity contribution in [1.29, 1.82) is 0 Å². The second-order valence-electron chi connectivity index (χ2n) is 6.30. The van der Waals surface area contributed by atoms with E-state index in [2.05, 4.69) is 32.6 Å². The van der Waals surface area contributed by atoms with Gasteiger partial charge < -0.3 is 15.4 Å². The Hall–Kier alpha value is -2.23. The molecule has 3 rings (SSSR count). The number of hydrogen-bond acceptors (Lipinski definition) is 7. The van der Waals surface area contributed by atoms with E-state index in [0.717, 1.165) is 29.8 Å². The average molecular weight is 469 g/mol. The second kappa shape index (κ2) is 10.7. The van der Waals surface area contributed by atoms with Crippen molar-refractivity contribution in [2.45, 2.75) is 25.0 Å². The third-order valence-electron chi connectivity index (χ3n) is 4.10. The SMILES string of the molecule is CCCNc1nc(SC)nc2c1cnn2CCNC(=O)COc1ccc(Cl)cc1Cl. The van der Waals surface area contributed by atoms with Gasteiger partial charge in [0.15, 0.2) is 17.4 Å². The van der Waals surface area contributed by atoms with Gasteiger partial charge in [-0.25, -0.2) is 14.6 Å². The van der Waals surface area contributed by atoms with Crippen LogP contribution in [-0.2, 0) is 11.3 Å². The molecule has 30 heavy (non-hydrogen) atoms. The minimum atomic E-state index is -0.262. The Morgan fingerprint density at radius 2 is 2.10 bits per heavy atom. The molecule has 1 aromatic carbocycles. The number of halogens is 2. The van der Waals surface area contributed by atoms with E-state index < -0.39 is 0 Å². The number of amides is 1. The van der Waals surface area contributed by atoms with Crippen LogP contribution in [0.25, 0.3) is 11.0 Å². The maximum atomic E-state index is 12.1. The molecule has 0 fully saturated rings. The van der Waals surface area contributed by atoms with Crippen LogP contribution in [0.3, 0.4) is 0 Å². The number of thioether (sulfide) groups is 1. The Kier molecular flexibility index (Phi) is 8.01. The van der Waals surface area contributed by atoms with E-state index in [-0.39, 0.29) is 12.5 Å². The lowest BCUT2D eigenvalue weighted by Crippen LogP contribution is -2.31. The summed E-state index contributed by atoms with van der Waals surface area (Å²) in [4.78, 5) is 21.2. The largest absolute Gasteiger partial charge is 0.482 e. The van der Waals surface area contributed by atoms with Crippen molar-refractivity contribution in [3.05, 3.63) is 34.4 Å². The Labute approximate surface area is 188 Å². The van der Waals surface area contributed by atoms with Gasteiger partial charge >= 0.3 is 0 Å². The molecule has 0 aliphatic heterocycles. The van der Waals surface area contributed by atoms with Gasteiger partial charge in [0.2, 0.25) is 0 Å². The Bertz CT molecular complexity index is 1030. The molecule has 8 nitrogen and oxygen atoms in total. The standard InChI is InChI=1S/C19H22Cl2N6O2S/c1-3-6-23-17-13-10-24-27(18(13)26-19(25-17)30-2)8-7-22-16(28)11-29-15-5-4-12(20)9-14(15)21/h4-5,9-10H,3,6-8,11H2,1-2H3,(H,22,28)(H,23,25,26). The van der Waals surface area contributed by atoms with Crippen LogP contribution < -0.4 is 15.4 Å². The number of carbonyl (C=O) groups excluding carboxylic acids is 1. The van der Waals surface area contributed by atoms with E-state index in [1.807, 2.05) is 6.26 Å². The third kappa shape index (κ3) is 5.68. The van der Waals surface area contributed by atoms with Gasteiger partial charge in [-0.3, -0.25) is 4.79 Å². The van der Waals surface area contributed by atoms with Crippen LogP contribution in [0, 0.1) is 0 Å². The van der Waals surface area contributed by atoms with Gasteiger partial charge in [0.05, 0.1) is 23.2 Å². The minimum absolute atomic E-state index is 0.148. The summed E-state index contributed by atoms with van der Waals surface area (Å²) in [6.45, 7) is 3.61. The molecule has 0 saturated heterocycles. The van der Waals surface area contributed by atoms with Crippen molar-refractivity contribution in [2.75, 3.05) is 31.3 Å². The van der Waals surface area contributed by atoms with Gasteiger partial charge in [-0.2, -0.15) is 5.10 Å². The molecule has 0 aliphatic carbocycles. The normalized spacial score (nSPS) is 10.9. The Morgan fingerprint density at radius 1 is 1.27 bits per heavy atom. The number of rotatable bonds is 10. The number of hydrogen-bond donors (Lipinski definition) is 2. The van der Waals surface area contributed by atoms with E-state index in [4.69, 9.17) is 27.9 Å². The lowest BCUT2D eigenvalue weighted by atomic mass is 10.3. The third-order valence-corrected chi connectivity index (χ3v) is 5.18. The van der Waals surface area contributed by atoms with Crippen LogP contribution in [0.15, 0.2) is 29.6 Å². The molecule has 0 aliphatic rings. The first kappa shape index (κ1) is 22.5. The van der Waals surface area contributed by atoms with Crippen LogP contribution in [0.1, 0.15) is 13.3 Å². The van der Waals surface area contributed by atoms with Gasteiger partial charge in [-0.05, 0) is 30.9 Å². The summed E-state index contributed by atoms with van der Waals surface area (Å²) in [5.74, 6) is 0.916. The van der Waals surface area contributed by atoms with Gasteiger partial charge in [-0.15, -0.1) is 0 Å². The molecule has 0 atom stereocenters. The molecule has 0 bridgehead atoms. The van der Waals surface area contributed by atoms with Crippen LogP contribution >= 0.6 is 35.0 Å². The van der Waals surface area contributed by atoms with Crippen molar-refractivity contribution < 1.29 is 9.53 Å². The Balaban J connectivity index is 1.58. The highest BCUT2D eigenvalue weighted by molar-refractivity contribution is 7.98. The van der Waals surface area contributed by atoms with E-state index >= 15 is 0 Å². The van der Waals surface area contributed by atoms with Gasteiger partial charge in [0, 0.05) is 18.1 Å². The summed E-state index contributed by atoms with van der Waals surface area (Å²) >= 11 is 13.4. The molecular formula is C19H22Cl2N6O2S. The van der Waals surface area contributed by atoms with Crippen LogP contribution in [0.2, 0.25) is 10.0 Å². The smallest absolute Gasteiger partial charge is 0.258 e. The van der Waals surface area contributed by atoms with Gasteiger partial charge in [0.25, 0.3) is 5.91 Å². The Morgan fingerprint density at radius 3 is 2.83 bits per heavy atom. The number of ether oxygens (including phenoxy) is 1. The highest BCUT2D eigenvalue weighted by atomic mass is 35.5. The zero-order chi connectivity index (χ0) is 21.5. The molecule has 0 radical (unpaired) electrons. The summed E-state index contributed by atoms with van der Waals surface area (Å²) in [6.07, 6.45) is 4.66. The lowest BCUT2D eigenvalue weighted by Gasteiger charge is -2.10. The van der Waals surface area contributed by atoms with E-state index in [1.165, 1.54) is 11.8 Å². The number of aromatic nitrogens is 4. The molecule has 2 aromatic heterocycles. The van der Waals surface area contributed by atoms with Crippen molar-refractivity contribution in [3.63, 3.8) is 0 Å². The van der Waals surface area contributed by atoms with Gasteiger partial charge in [-0.1, -0.05) is 41.9 Å². The van der Waals surface area contributed by atoms with Gasteiger partial charge in [0.1, 0.15) is 11.6 Å². The first-order chi connectivity index (χ1) is 14.5. The molecule has 0 unspecified atom stereocenters. The summed E-state index contributed by atoms with van der Waals surface area (Å²) in [5, 5.41) is 12.9. The molecule has 3 aromatic rings. The molecular weight excluding hydrogens is 447 g/mol. The predicted molar refractivity (Wildman–Crippen MR) is 121 cm³/mol. The minimum Gasteiger partial charge on any atom is -0.482 e. The fraction of sp³-hybridized carbons (Fsp3) is 0.368. The van der Waals surface area contributed by atoms with E-state index in [1.54, 1.807) is 29.1 Å². The lowest BCUT2D eigenvalue weighted by molar-refractivity contribution is -0.123. The van der Waals surface area contributed by atoms with Crippen LogP contribution in [0.4, 0.5) is 5.82 Å². The maximum Gasteiger partial charge on any atom is 0.258 e. The molecule has 2 N–H and O–H groups in total. The zero-order valence-corrected chi connectivity index (χ0v) is 18.9. The summed E-state index contributed by atoms with van der Waals surface area (Å²) in [6, 6.07) is 4.84. The predicted octanol–water partition coefficient (Wildman–Crippen LogP) is 3.87. The number of nitrogens with zero attached hydrogens (tertiary/aromatic N) is 4. The molecule has 160 valence electrons. The summed E-state index contributed by atoms with van der Waals surface area (Å²) in [7, 11) is 0. The fourth-order valence-corrected chi connectivity index (χ4v) is 3.48. The number of anilines is 1. The fourth-order valence-electron chi connectivity index (χ4n) is 2.66. The topological polar surface area (TPSA) is 94.0 Å². The molecule has 2 heterocycles. The van der Waals surface area contributed by atoms with Crippen molar-refractivity contribution in [2.24, 2.45) is 0 Å². The van der Waals surface area contributed by atoms with Crippen molar-refractivity contribution >= 4 is 57.7 Å². The monoisotopic (exact) mass is 468 g/mol. The average Bonchev–Trinajstić information content (AvgIpc) is 3.14. The molecule has 1 amide bonds. The summed E-state index contributed by atoms with van der Waals surface area (Å²) in [5.41, 5.74) is 0.728. The van der Waals surface area contributed by atoms with E-state index in [0.29, 0.717) is 34.0 Å². The number of benzene rings is 1. The van der Waals surface area contributed by atoms with Crippen molar-refractivity contribution in [1.82, 2.24) is 25.1 Å². The van der Waals surface area contributed by atoms with Crippen LogP contribution in [0.5, 0.6) is 5.75 Å². The first-order valence-electron chi connectivity index (χ1n) is 9.37. The molecule has 0 spiro atoms. The quantitative estimate of drug-likeness (QED) is 0.344. The molecule has 11 heteroatoms.